The third-order valence-corrected chi connectivity index (χ3v) is 6.29. The molecule has 2 saturated carbocycles. The van der Waals surface area contributed by atoms with E-state index in [9.17, 15) is 29.4 Å². The molecular formula is C21H28O6-2. The molecule has 0 aromatic rings. The van der Waals surface area contributed by atoms with E-state index in [1.165, 1.54) is 0 Å². The van der Waals surface area contributed by atoms with Gasteiger partial charge in [-0.1, -0.05) is 45.1 Å². The smallest absolute Gasteiger partial charge is 0.137 e. The Morgan fingerprint density at radius 1 is 0.741 bits per heavy atom. The topological polar surface area (TPSA) is 114 Å². The van der Waals surface area contributed by atoms with Gasteiger partial charge in [-0.3, -0.25) is 9.59 Å². The molecule has 0 N–H and O–H groups in total. The van der Waals surface area contributed by atoms with Crippen LogP contribution in [0.2, 0.25) is 0 Å². The molecule has 0 aromatic heterocycles. The van der Waals surface area contributed by atoms with E-state index in [0.717, 1.165) is 38.5 Å². The fourth-order valence-electron chi connectivity index (χ4n) is 4.47. The summed E-state index contributed by atoms with van der Waals surface area (Å²) in [6, 6.07) is 0. The van der Waals surface area contributed by atoms with Gasteiger partial charge in [0.05, 0.1) is 11.9 Å². The van der Waals surface area contributed by atoms with Crippen LogP contribution < -0.4 is 10.2 Å². The molecule has 2 aliphatic rings. The van der Waals surface area contributed by atoms with Gasteiger partial charge in [0, 0.05) is 30.1 Å². The van der Waals surface area contributed by atoms with Crippen LogP contribution in [0.5, 0.6) is 0 Å². The minimum absolute atomic E-state index is 0.295. The van der Waals surface area contributed by atoms with Crippen LogP contribution in [0.15, 0.2) is 12.2 Å². The second-order valence-electron chi connectivity index (χ2n) is 8.09. The Hall–Kier alpha value is -1.98. The lowest BCUT2D eigenvalue weighted by Gasteiger charge is -2.38. The van der Waals surface area contributed by atoms with Gasteiger partial charge in [-0.15, -0.1) is 0 Å². The molecule has 2 fully saturated rings. The van der Waals surface area contributed by atoms with Crippen molar-refractivity contribution < 1.29 is 29.4 Å². The predicted octanol–water partition coefficient (Wildman–Crippen LogP) is 1.11. The van der Waals surface area contributed by atoms with Crippen molar-refractivity contribution in [2.24, 2.45) is 17.3 Å². The van der Waals surface area contributed by atoms with Gasteiger partial charge in [0.2, 0.25) is 0 Å². The van der Waals surface area contributed by atoms with Crippen LogP contribution in [-0.2, 0) is 19.2 Å². The fourth-order valence-corrected chi connectivity index (χ4v) is 4.47. The highest BCUT2D eigenvalue weighted by molar-refractivity contribution is 6.01. The molecule has 6 nitrogen and oxygen atoms in total. The van der Waals surface area contributed by atoms with E-state index in [0.29, 0.717) is 25.7 Å². The molecule has 0 spiro atoms. The SMILES string of the molecule is C=C(C(=O)[O-])C(CC(=O)C1CCCCC1)(CC(=O)C1CCCCC1)C(=O)[O-]. The Balaban J connectivity index is 2.26. The Morgan fingerprint density at radius 3 is 1.41 bits per heavy atom. The van der Waals surface area contributed by atoms with Gasteiger partial charge in [-0.25, -0.2) is 0 Å². The molecule has 0 heterocycles. The minimum Gasteiger partial charge on any atom is -0.549 e. The van der Waals surface area contributed by atoms with Gasteiger partial charge >= 0.3 is 0 Å². The van der Waals surface area contributed by atoms with Crippen LogP contribution in [0, 0.1) is 17.3 Å². The second kappa shape index (κ2) is 9.29. The highest BCUT2D eigenvalue weighted by Gasteiger charge is 2.42. The Morgan fingerprint density at radius 2 is 1.11 bits per heavy atom. The molecule has 27 heavy (non-hydrogen) atoms. The van der Waals surface area contributed by atoms with Crippen molar-refractivity contribution in [2.75, 3.05) is 0 Å². The first kappa shape index (κ1) is 21.3. The number of rotatable bonds is 9. The first-order chi connectivity index (χ1) is 12.8. The van der Waals surface area contributed by atoms with Gasteiger partial charge in [0.15, 0.2) is 0 Å². The van der Waals surface area contributed by atoms with E-state index in [2.05, 4.69) is 6.58 Å². The molecule has 150 valence electrons. The standard InChI is InChI=1S/C21H30O6/c1-14(19(24)25)21(20(26)27,12-17(22)15-8-4-2-5-9-15)13-18(23)16-10-6-3-7-11-16/h15-16H,1-13H2,(H,24,25)(H,26,27)/p-2. The van der Waals surface area contributed by atoms with Gasteiger partial charge < -0.3 is 19.8 Å². The number of aliphatic carboxylic acids is 2. The molecule has 6 heteroatoms. The lowest BCUT2D eigenvalue weighted by Crippen LogP contribution is -2.51. The summed E-state index contributed by atoms with van der Waals surface area (Å²) in [5.74, 6) is -4.72. The Kier molecular flexibility index (Phi) is 7.33. The zero-order valence-electron chi connectivity index (χ0n) is 15.8. The third kappa shape index (κ3) is 5.05. The van der Waals surface area contributed by atoms with E-state index >= 15 is 0 Å². The van der Waals surface area contributed by atoms with Crippen molar-refractivity contribution in [1.82, 2.24) is 0 Å². The maximum Gasteiger partial charge on any atom is 0.137 e. The quantitative estimate of drug-likeness (QED) is 0.557. The van der Waals surface area contributed by atoms with E-state index in [4.69, 9.17) is 0 Å². The molecule has 0 amide bonds. The first-order valence-electron chi connectivity index (χ1n) is 9.95. The summed E-state index contributed by atoms with van der Waals surface area (Å²) < 4.78 is 0. The van der Waals surface area contributed by atoms with Gasteiger partial charge in [-0.2, -0.15) is 0 Å². The normalized spacial score (nSPS) is 19.4. The molecule has 0 aliphatic heterocycles. The lowest BCUT2D eigenvalue weighted by molar-refractivity contribution is -0.322. The van der Waals surface area contributed by atoms with Crippen molar-refractivity contribution in [1.29, 1.82) is 0 Å². The summed E-state index contributed by atoms with van der Waals surface area (Å²) >= 11 is 0. The van der Waals surface area contributed by atoms with Crippen molar-refractivity contribution in [3.05, 3.63) is 12.2 Å². The van der Waals surface area contributed by atoms with E-state index < -0.39 is 35.8 Å². The number of carboxylic acids is 2. The molecule has 2 rings (SSSR count). The zero-order valence-corrected chi connectivity index (χ0v) is 15.8. The predicted molar refractivity (Wildman–Crippen MR) is 94.0 cm³/mol. The van der Waals surface area contributed by atoms with Crippen LogP contribution in [0.3, 0.4) is 0 Å². The third-order valence-electron chi connectivity index (χ3n) is 6.29. The zero-order chi connectivity index (χ0) is 20.0. The molecule has 0 aromatic carbocycles. The Bertz CT molecular complexity index is 576. The Labute approximate surface area is 160 Å². The first-order valence-corrected chi connectivity index (χ1v) is 9.95. The second-order valence-corrected chi connectivity index (χ2v) is 8.09. The average molecular weight is 376 g/mol. The molecule has 0 bridgehead atoms. The summed E-state index contributed by atoms with van der Waals surface area (Å²) in [6.07, 6.45) is 7.13. The van der Waals surface area contributed by atoms with Gasteiger partial charge in [0.25, 0.3) is 0 Å². The van der Waals surface area contributed by atoms with Crippen molar-refractivity contribution in [2.45, 2.75) is 77.0 Å². The maximum atomic E-state index is 12.7. The maximum absolute atomic E-state index is 12.7. The van der Waals surface area contributed by atoms with Gasteiger partial charge in [-0.05, 0) is 31.3 Å². The largest absolute Gasteiger partial charge is 0.549 e. The minimum atomic E-state index is -2.22. The summed E-state index contributed by atoms with van der Waals surface area (Å²) in [4.78, 5) is 49.0. The summed E-state index contributed by atoms with van der Waals surface area (Å²) in [7, 11) is 0. The number of ketones is 2. The molecule has 0 unspecified atom stereocenters. The molecule has 0 saturated heterocycles. The summed E-state index contributed by atoms with van der Waals surface area (Å²) in [5.41, 5.74) is -2.96. The molecular weight excluding hydrogens is 348 g/mol. The van der Waals surface area contributed by atoms with Crippen LogP contribution in [0.1, 0.15) is 77.0 Å². The summed E-state index contributed by atoms with van der Waals surface area (Å²) in [6.45, 7) is 3.36. The highest BCUT2D eigenvalue weighted by Crippen LogP contribution is 2.40. The van der Waals surface area contributed by atoms with Crippen LogP contribution in [-0.4, -0.2) is 23.5 Å². The fraction of sp³-hybridized carbons (Fsp3) is 0.714. The highest BCUT2D eigenvalue weighted by atomic mass is 16.4. The van der Waals surface area contributed by atoms with Crippen LogP contribution >= 0.6 is 0 Å². The van der Waals surface area contributed by atoms with E-state index in [-0.39, 0.29) is 23.4 Å². The van der Waals surface area contributed by atoms with E-state index in [1.807, 2.05) is 0 Å². The van der Waals surface area contributed by atoms with Crippen molar-refractivity contribution >= 4 is 23.5 Å². The number of carbonyl (C=O) groups excluding carboxylic acids is 4. The molecule has 0 atom stereocenters. The van der Waals surface area contributed by atoms with Crippen LogP contribution in [0.25, 0.3) is 0 Å². The summed E-state index contributed by atoms with van der Waals surface area (Å²) in [5, 5.41) is 23.5. The lowest BCUT2D eigenvalue weighted by atomic mass is 9.68. The average Bonchev–Trinajstić information content (AvgIpc) is 2.67. The molecule has 0 radical (unpaired) electrons. The molecule has 2 aliphatic carbocycles. The van der Waals surface area contributed by atoms with Crippen molar-refractivity contribution in [3.8, 4) is 0 Å². The number of Topliss-reactive ketones (excluding diaryl/α,β-unsaturated/α-hetero) is 2. The van der Waals surface area contributed by atoms with Crippen LogP contribution in [0.4, 0.5) is 0 Å². The van der Waals surface area contributed by atoms with Crippen molar-refractivity contribution in [3.63, 3.8) is 0 Å². The number of carbonyl (C=O) groups is 4. The van der Waals surface area contributed by atoms with Gasteiger partial charge in [0.1, 0.15) is 11.6 Å². The monoisotopic (exact) mass is 376 g/mol. The number of carboxylic acid groups (broad SMARTS) is 2. The number of hydrogen-bond acceptors (Lipinski definition) is 6. The number of hydrogen-bond donors (Lipinski definition) is 0. The van der Waals surface area contributed by atoms with E-state index in [1.54, 1.807) is 0 Å².